The van der Waals surface area contributed by atoms with Crippen LogP contribution in [0.2, 0.25) is 0 Å². The third kappa shape index (κ3) is 4.38. The van der Waals surface area contributed by atoms with Crippen molar-refractivity contribution in [1.29, 1.82) is 0 Å². The van der Waals surface area contributed by atoms with Crippen molar-refractivity contribution in [2.45, 2.75) is 19.9 Å². The lowest BCUT2D eigenvalue weighted by Gasteiger charge is -2.17. The fourth-order valence-electron chi connectivity index (χ4n) is 2.21. The molecular weight excluding hydrogens is 349 g/mol. The van der Waals surface area contributed by atoms with Crippen molar-refractivity contribution in [3.05, 3.63) is 47.8 Å². The van der Waals surface area contributed by atoms with Crippen LogP contribution in [-0.2, 0) is 4.79 Å². The fraction of sp³-hybridized carbons (Fsp3) is 0.278. The molecule has 0 aliphatic heterocycles. The number of hydrogen-bond donors (Lipinski definition) is 2. The van der Waals surface area contributed by atoms with E-state index in [1.165, 1.54) is 14.0 Å². The van der Waals surface area contributed by atoms with E-state index in [0.29, 0.717) is 23.8 Å². The maximum atomic E-state index is 13.6. The van der Waals surface area contributed by atoms with Crippen LogP contribution in [0.25, 0.3) is 0 Å². The maximum Gasteiger partial charge on any atom is 0.246 e. The summed E-state index contributed by atoms with van der Waals surface area (Å²) in [6, 6.07) is 5.93. The summed E-state index contributed by atoms with van der Waals surface area (Å²) in [6.07, 6.45) is 0. The molecule has 5 nitrogen and oxygen atoms in total. The number of hydrogen-bond acceptors (Lipinski definition) is 4. The molecule has 0 spiro atoms. The highest BCUT2D eigenvalue weighted by Gasteiger charge is 2.19. The molecule has 1 amide bonds. The summed E-state index contributed by atoms with van der Waals surface area (Å²) in [5.74, 6) is -4.00. The number of carbonyl (C=O) groups excluding carboxylic acids is 1. The van der Waals surface area contributed by atoms with Gasteiger partial charge in [0.25, 0.3) is 0 Å². The van der Waals surface area contributed by atoms with Gasteiger partial charge in [-0.25, -0.2) is 13.2 Å². The number of methoxy groups -OCH3 is 1. The first-order valence-electron chi connectivity index (χ1n) is 7.89. The minimum absolute atomic E-state index is 0.438. The molecule has 2 aromatic rings. The molecule has 0 aliphatic rings. The van der Waals surface area contributed by atoms with Gasteiger partial charge in [0.2, 0.25) is 5.91 Å². The second kappa shape index (κ2) is 8.46. The molecular formula is C18H19F3N2O3. The Morgan fingerprint density at radius 3 is 2.50 bits per heavy atom. The van der Waals surface area contributed by atoms with Gasteiger partial charge in [0.15, 0.2) is 29.0 Å². The Kier molecular flexibility index (Phi) is 6.32. The molecule has 0 fully saturated rings. The first kappa shape index (κ1) is 19.4. The molecule has 0 aliphatic carbocycles. The number of carbonyl (C=O) groups is 1. The molecule has 1 atom stereocenters. The topological polar surface area (TPSA) is 59.6 Å². The SMILES string of the molecule is CCOc1ccc(N[C@@H](C)C(=O)Nc2ccc(F)c(F)c2F)cc1OC. The Morgan fingerprint density at radius 1 is 1.12 bits per heavy atom. The van der Waals surface area contributed by atoms with Crippen LogP contribution in [0.15, 0.2) is 30.3 Å². The molecule has 2 aromatic carbocycles. The molecule has 0 saturated carbocycles. The number of rotatable bonds is 7. The van der Waals surface area contributed by atoms with Crippen LogP contribution in [0.4, 0.5) is 24.5 Å². The first-order valence-corrected chi connectivity index (χ1v) is 7.89. The third-order valence-electron chi connectivity index (χ3n) is 3.53. The number of benzene rings is 2. The fourth-order valence-corrected chi connectivity index (χ4v) is 2.21. The van der Waals surface area contributed by atoms with Crippen LogP contribution in [0, 0.1) is 17.5 Å². The molecule has 0 aromatic heterocycles. The standard InChI is InChI=1S/C18H19F3N2O3/c1-4-26-14-8-5-11(9-15(14)25-3)22-10(2)18(24)23-13-7-6-12(19)16(20)17(13)21/h5-10,22H,4H2,1-3H3,(H,23,24)/t10-/m0/s1. The molecule has 0 heterocycles. The Hall–Kier alpha value is -2.90. The Bertz CT molecular complexity index is 799. The highest BCUT2D eigenvalue weighted by Crippen LogP contribution is 2.30. The van der Waals surface area contributed by atoms with Crippen LogP contribution in [0.3, 0.4) is 0 Å². The highest BCUT2D eigenvalue weighted by molar-refractivity contribution is 5.96. The summed E-state index contributed by atoms with van der Waals surface area (Å²) >= 11 is 0. The van der Waals surface area contributed by atoms with Gasteiger partial charge in [-0.2, -0.15) is 0 Å². The van der Waals surface area contributed by atoms with Gasteiger partial charge < -0.3 is 20.1 Å². The Labute approximate surface area is 149 Å². The van der Waals surface area contributed by atoms with Crippen molar-refractivity contribution >= 4 is 17.3 Å². The number of nitrogens with one attached hydrogen (secondary N) is 2. The third-order valence-corrected chi connectivity index (χ3v) is 3.53. The van der Waals surface area contributed by atoms with Gasteiger partial charge in [0.05, 0.1) is 19.4 Å². The lowest BCUT2D eigenvalue weighted by molar-refractivity contribution is -0.116. The zero-order chi connectivity index (χ0) is 19.3. The van der Waals surface area contributed by atoms with Gasteiger partial charge in [0.1, 0.15) is 6.04 Å². The van der Waals surface area contributed by atoms with Gasteiger partial charge in [-0.15, -0.1) is 0 Å². The van der Waals surface area contributed by atoms with Gasteiger partial charge in [-0.1, -0.05) is 0 Å². The number of anilines is 2. The van der Waals surface area contributed by atoms with Crippen LogP contribution in [0.1, 0.15) is 13.8 Å². The molecule has 0 unspecified atom stereocenters. The van der Waals surface area contributed by atoms with E-state index < -0.39 is 35.1 Å². The van der Waals surface area contributed by atoms with Crippen LogP contribution < -0.4 is 20.1 Å². The molecule has 8 heteroatoms. The lowest BCUT2D eigenvalue weighted by atomic mass is 10.2. The van der Waals surface area contributed by atoms with Crippen molar-refractivity contribution in [1.82, 2.24) is 0 Å². The largest absolute Gasteiger partial charge is 0.493 e. The van der Waals surface area contributed by atoms with Crippen LogP contribution in [-0.4, -0.2) is 25.7 Å². The minimum Gasteiger partial charge on any atom is -0.493 e. The summed E-state index contributed by atoms with van der Waals surface area (Å²) in [5, 5.41) is 5.13. The van der Waals surface area contributed by atoms with E-state index in [2.05, 4.69) is 10.6 Å². The molecule has 0 bridgehead atoms. The number of amides is 1. The van der Waals surface area contributed by atoms with Crippen molar-refractivity contribution in [3.8, 4) is 11.5 Å². The molecule has 26 heavy (non-hydrogen) atoms. The highest BCUT2D eigenvalue weighted by atomic mass is 19.2. The smallest absolute Gasteiger partial charge is 0.246 e. The first-order chi connectivity index (χ1) is 12.4. The summed E-state index contributed by atoms with van der Waals surface area (Å²) in [5.41, 5.74) is 0.130. The van der Waals surface area contributed by atoms with Gasteiger partial charge in [0, 0.05) is 11.8 Å². The predicted octanol–water partition coefficient (Wildman–Crippen LogP) is 3.95. The summed E-state index contributed by atoms with van der Waals surface area (Å²) in [7, 11) is 1.49. The van der Waals surface area contributed by atoms with Crippen LogP contribution >= 0.6 is 0 Å². The zero-order valence-electron chi connectivity index (χ0n) is 14.5. The second-order valence-corrected chi connectivity index (χ2v) is 5.38. The molecule has 0 saturated heterocycles. The van der Waals surface area contributed by atoms with E-state index >= 15 is 0 Å². The van der Waals surface area contributed by atoms with Crippen molar-refractivity contribution < 1.29 is 27.4 Å². The van der Waals surface area contributed by atoms with Gasteiger partial charge >= 0.3 is 0 Å². The summed E-state index contributed by atoms with van der Waals surface area (Å²) in [6.45, 7) is 3.85. The maximum absolute atomic E-state index is 13.6. The minimum atomic E-state index is -1.64. The molecule has 0 radical (unpaired) electrons. The average Bonchev–Trinajstić information content (AvgIpc) is 2.63. The van der Waals surface area contributed by atoms with Crippen molar-refractivity contribution in [2.24, 2.45) is 0 Å². The van der Waals surface area contributed by atoms with E-state index in [-0.39, 0.29) is 0 Å². The lowest BCUT2D eigenvalue weighted by Crippen LogP contribution is -2.32. The summed E-state index contributed by atoms with van der Waals surface area (Å²) < 4.78 is 50.5. The molecule has 140 valence electrons. The molecule has 2 rings (SSSR count). The molecule has 2 N–H and O–H groups in total. The number of halogens is 3. The van der Waals surface area contributed by atoms with E-state index in [1.54, 1.807) is 18.2 Å². The van der Waals surface area contributed by atoms with E-state index in [0.717, 1.165) is 12.1 Å². The summed E-state index contributed by atoms with van der Waals surface area (Å²) in [4.78, 5) is 12.2. The number of ether oxygens (including phenoxy) is 2. The van der Waals surface area contributed by atoms with Gasteiger partial charge in [-0.05, 0) is 38.1 Å². The quantitative estimate of drug-likeness (QED) is 0.727. The normalized spacial score (nSPS) is 11.6. The Balaban J connectivity index is 2.08. The predicted molar refractivity (Wildman–Crippen MR) is 92.2 cm³/mol. The van der Waals surface area contributed by atoms with Crippen molar-refractivity contribution in [2.75, 3.05) is 24.4 Å². The van der Waals surface area contributed by atoms with E-state index in [1.807, 2.05) is 6.92 Å². The monoisotopic (exact) mass is 368 g/mol. The average molecular weight is 368 g/mol. The zero-order valence-corrected chi connectivity index (χ0v) is 14.5. The van der Waals surface area contributed by atoms with Gasteiger partial charge in [-0.3, -0.25) is 4.79 Å². The van der Waals surface area contributed by atoms with Crippen molar-refractivity contribution in [3.63, 3.8) is 0 Å². The van der Waals surface area contributed by atoms with Crippen LogP contribution in [0.5, 0.6) is 11.5 Å². The van der Waals surface area contributed by atoms with E-state index in [9.17, 15) is 18.0 Å². The Morgan fingerprint density at radius 2 is 1.85 bits per heavy atom. The van der Waals surface area contributed by atoms with E-state index in [4.69, 9.17) is 9.47 Å². The second-order valence-electron chi connectivity index (χ2n) is 5.38.